The maximum absolute atomic E-state index is 5.80. The fraction of sp³-hybridized carbons (Fsp3) is 0.100. The number of benzene rings is 1. The maximum Gasteiger partial charge on any atom is 0.118 e. The number of nitrogens with zero attached hydrogens (tertiary/aromatic N) is 1. The van der Waals surface area contributed by atoms with Gasteiger partial charge in [0.05, 0.1) is 12.8 Å². The van der Waals surface area contributed by atoms with Gasteiger partial charge in [-0.1, -0.05) is 11.6 Å². The Morgan fingerprint density at radius 1 is 1.29 bits per heavy atom. The van der Waals surface area contributed by atoms with Crippen LogP contribution in [0.15, 0.2) is 30.3 Å². The fourth-order valence-electron chi connectivity index (χ4n) is 1.15. The summed E-state index contributed by atoms with van der Waals surface area (Å²) in [7, 11) is 1.65. The van der Waals surface area contributed by atoms with E-state index in [2.05, 4.69) is 4.37 Å². The molecule has 0 aliphatic rings. The van der Waals surface area contributed by atoms with E-state index in [1.54, 1.807) is 7.11 Å². The van der Waals surface area contributed by atoms with Crippen LogP contribution in [0.1, 0.15) is 0 Å². The van der Waals surface area contributed by atoms with Gasteiger partial charge < -0.3 is 4.74 Å². The van der Waals surface area contributed by atoms with Gasteiger partial charge in [-0.15, -0.1) is 0 Å². The van der Waals surface area contributed by atoms with Crippen molar-refractivity contribution in [3.63, 3.8) is 0 Å². The minimum atomic E-state index is 0.704. The van der Waals surface area contributed by atoms with Crippen molar-refractivity contribution in [1.82, 2.24) is 4.37 Å². The Morgan fingerprint density at radius 2 is 2.00 bits per heavy atom. The molecule has 2 rings (SSSR count). The first-order chi connectivity index (χ1) is 6.79. The van der Waals surface area contributed by atoms with Crippen LogP contribution in [-0.4, -0.2) is 11.5 Å². The quantitative estimate of drug-likeness (QED) is 0.781. The van der Waals surface area contributed by atoms with Gasteiger partial charge in [-0.25, -0.2) is 0 Å². The predicted octanol–water partition coefficient (Wildman–Crippen LogP) is 3.47. The lowest BCUT2D eigenvalue weighted by Gasteiger charge is -1.99. The third-order valence-electron chi connectivity index (χ3n) is 1.87. The van der Waals surface area contributed by atoms with Gasteiger partial charge in [0.2, 0.25) is 0 Å². The van der Waals surface area contributed by atoms with Crippen LogP contribution < -0.4 is 4.74 Å². The summed E-state index contributed by atoms with van der Waals surface area (Å²) in [6.45, 7) is 0. The maximum atomic E-state index is 5.80. The summed E-state index contributed by atoms with van der Waals surface area (Å²) < 4.78 is 9.98. The number of rotatable bonds is 2. The third-order valence-corrected chi connectivity index (χ3v) is 2.76. The molecule has 0 bridgehead atoms. The number of methoxy groups -OCH3 is 1. The number of hydrogen-bond donors (Lipinski definition) is 0. The number of aromatic nitrogens is 1. The van der Waals surface area contributed by atoms with Gasteiger partial charge in [0, 0.05) is 5.56 Å². The summed E-state index contributed by atoms with van der Waals surface area (Å²) in [5.74, 6) is 0.843. The van der Waals surface area contributed by atoms with Gasteiger partial charge in [-0.2, -0.15) is 4.37 Å². The Kier molecular flexibility index (Phi) is 2.70. The molecule has 0 unspecified atom stereocenters. The van der Waals surface area contributed by atoms with E-state index in [0.29, 0.717) is 4.34 Å². The summed E-state index contributed by atoms with van der Waals surface area (Å²) in [5.41, 5.74) is 1.96. The molecule has 0 atom stereocenters. The zero-order valence-corrected chi connectivity index (χ0v) is 9.10. The topological polar surface area (TPSA) is 22.1 Å². The lowest BCUT2D eigenvalue weighted by Crippen LogP contribution is -1.82. The average molecular weight is 226 g/mol. The molecule has 0 aliphatic heterocycles. The first kappa shape index (κ1) is 9.49. The number of ether oxygens (including phenoxy) is 1. The van der Waals surface area contributed by atoms with Crippen LogP contribution in [0.2, 0.25) is 4.34 Å². The molecule has 0 fully saturated rings. The van der Waals surface area contributed by atoms with Crippen LogP contribution in [0.3, 0.4) is 0 Å². The van der Waals surface area contributed by atoms with Crippen molar-refractivity contribution in [3.05, 3.63) is 34.7 Å². The minimum absolute atomic E-state index is 0.704. The van der Waals surface area contributed by atoms with E-state index < -0.39 is 0 Å². The van der Waals surface area contributed by atoms with Gasteiger partial charge in [0.1, 0.15) is 10.1 Å². The highest BCUT2D eigenvalue weighted by Gasteiger charge is 2.02. The van der Waals surface area contributed by atoms with E-state index >= 15 is 0 Å². The standard InChI is InChI=1S/C10H8ClNOS/c1-13-8-4-2-7(3-5-8)9-6-10(11)14-12-9/h2-6H,1H3. The summed E-state index contributed by atoms with van der Waals surface area (Å²) >= 11 is 7.09. The van der Waals surface area contributed by atoms with Crippen LogP contribution >= 0.6 is 23.1 Å². The van der Waals surface area contributed by atoms with E-state index in [4.69, 9.17) is 16.3 Å². The highest BCUT2D eigenvalue weighted by molar-refractivity contribution is 7.10. The Bertz CT molecular complexity index is 424. The molecule has 1 aromatic heterocycles. The van der Waals surface area contributed by atoms with Crippen LogP contribution in [-0.2, 0) is 0 Å². The van der Waals surface area contributed by atoms with E-state index in [1.165, 1.54) is 11.5 Å². The van der Waals surface area contributed by atoms with Gasteiger partial charge in [-0.3, -0.25) is 0 Å². The minimum Gasteiger partial charge on any atom is -0.497 e. The van der Waals surface area contributed by atoms with Crippen molar-refractivity contribution >= 4 is 23.1 Å². The molecule has 0 amide bonds. The number of hydrogen-bond acceptors (Lipinski definition) is 3. The lowest BCUT2D eigenvalue weighted by molar-refractivity contribution is 0.415. The molecule has 14 heavy (non-hydrogen) atoms. The first-order valence-corrected chi connectivity index (χ1v) is 5.21. The van der Waals surface area contributed by atoms with Crippen LogP contribution in [0.5, 0.6) is 5.75 Å². The fourth-order valence-corrected chi connectivity index (χ4v) is 1.87. The highest BCUT2D eigenvalue weighted by Crippen LogP contribution is 2.26. The Labute approximate surface area is 91.3 Å². The van der Waals surface area contributed by atoms with Crippen molar-refractivity contribution < 1.29 is 4.74 Å². The molecule has 72 valence electrons. The molecule has 4 heteroatoms. The molecule has 0 aliphatic carbocycles. The normalized spacial score (nSPS) is 10.1. The monoisotopic (exact) mass is 225 g/mol. The van der Waals surface area contributed by atoms with Crippen molar-refractivity contribution in [1.29, 1.82) is 0 Å². The highest BCUT2D eigenvalue weighted by atomic mass is 35.5. The molecule has 2 aromatic rings. The Hall–Kier alpha value is -1.06. The second-order valence-corrected chi connectivity index (χ2v) is 4.18. The Balaban J connectivity index is 2.33. The van der Waals surface area contributed by atoms with Crippen LogP contribution in [0.25, 0.3) is 11.3 Å². The summed E-state index contributed by atoms with van der Waals surface area (Å²) in [5, 5.41) is 0. The number of halogens is 1. The van der Waals surface area contributed by atoms with E-state index in [9.17, 15) is 0 Å². The molecule has 0 radical (unpaired) electrons. The zero-order valence-electron chi connectivity index (χ0n) is 7.53. The molecular weight excluding hydrogens is 218 g/mol. The molecule has 0 saturated heterocycles. The molecule has 1 aromatic carbocycles. The van der Waals surface area contributed by atoms with Gasteiger partial charge in [0.15, 0.2) is 0 Å². The van der Waals surface area contributed by atoms with Crippen molar-refractivity contribution in [2.45, 2.75) is 0 Å². The van der Waals surface area contributed by atoms with Gasteiger partial charge >= 0.3 is 0 Å². The van der Waals surface area contributed by atoms with Crippen molar-refractivity contribution in [2.24, 2.45) is 0 Å². The second kappa shape index (κ2) is 3.98. The summed E-state index contributed by atoms with van der Waals surface area (Å²) in [4.78, 5) is 0. The molecule has 1 heterocycles. The molecule has 0 N–H and O–H groups in total. The second-order valence-electron chi connectivity index (χ2n) is 2.74. The summed E-state index contributed by atoms with van der Waals surface area (Å²) in [6.07, 6.45) is 0. The SMILES string of the molecule is COc1ccc(-c2cc(Cl)sn2)cc1. The van der Waals surface area contributed by atoms with Gasteiger partial charge in [-0.05, 0) is 41.9 Å². The van der Waals surface area contributed by atoms with Gasteiger partial charge in [0.25, 0.3) is 0 Å². The van der Waals surface area contributed by atoms with E-state index in [1.807, 2.05) is 30.3 Å². The van der Waals surface area contributed by atoms with Crippen molar-refractivity contribution in [3.8, 4) is 17.0 Å². The average Bonchev–Trinajstić information content (AvgIpc) is 2.65. The third kappa shape index (κ3) is 1.89. The van der Waals surface area contributed by atoms with E-state index in [0.717, 1.165) is 17.0 Å². The van der Waals surface area contributed by atoms with Crippen molar-refractivity contribution in [2.75, 3.05) is 7.11 Å². The van der Waals surface area contributed by atoms with E-state index in [-0.39, 0.29) is 0 Å². The van der Waals surface area contributed by atoms with Crippen LogP contribution in [0.4, 0.5) is 0 Å². The summed E-state index contributed by atoms with van der Waals surface area (Å²) in [6, 6.07) is 9.59. The lowest BCUT2D eigenvalue weighted by atomic mass is 10.1. The largest absolute Gasteiger partial charge is 0.497 e. The molecule has 0 spiro atoms. The zero-order chi connectivity index (χ0) is 9.97. The molecule has 0 saturated carbocycles. The molecule has 2 nitrogen and oxygen atoms in total. The van der Waals surface area contributed by atoms with Crippen LogP contribution in [0, 0.1) is 0 Å². The molecular formula is C10H8ClNOS. The first-order valence-electron chi connectivity index (χ1n) is 4.06. The predicted molar refractivity (Wildman–Crippen MR) is 59.1 cm³/mol. The Morgan fingerprint density at radius 3 is 2.50 bits per heavy atom. The smallest absolute Gasteiger partial charge is 0.118 e.